The Bertz CT molecular complexity index is 458. The van der Waals surface area contributed by atoms with E-state index in [1.807, 2.05) is 0 Å². The van der Waals surface area contributed by atoms with E-state index in [4.69, 9.17) is 31.5 Å². The van der Waals surface area contributed by atoms with Crippen LogP contribution in [0.4, 0.5) is 0 Å². The fourth-order valence-corrected chi connectivity index (χ4v) is 1.97. The number of hydrogen-bond donors (Lipinski definition) is 1. The van der Waals surface area contributed by atoms with Crippen molar-refractivity contribution in [2.45, 2.75) is 6.42 Å². The molecule has 0 aromatic heterocycles. The van der Waals surface area contributed by atoms with Gasteiger partial charge in [0, 0.05) is 12.5 Å². The largest absolute Gasteiger partial charge is 0.494 e. The van der Waals surface area contributed by atoms with Gasteiger partial charge in [-0.05, 0) is 6.54 Å². The van der Waals surface area contributed by atoms with Crippen molar-refractivity contribution >= 4 is 17.4 Å². The molecule has 0 fully saturated rings. The normalized spacial score (nSPS) is 12.6. The smallest absolute Gasteiger partial charge is 0.231 e. The second-order valence-electron chi connectivity index (χ2n) is 3.46. The van der Waals surface area contributed by atoms with Crippen LogP contribution in [0.15, 0.2) is 6.07 Å². The van der Waals surface area contributed by atoms with Crippen molar-refractivity contribution < 1.29 is 19.0 Å². The van der Waals surface area contributed by atoms with E-state index in [0.717, 1.165) is 0 Å². The highest BCUT2D eigenvalue weighted by atomic mass is 35.5. The summed E-state index contributed by atoms with van der Waals surface area (Å²) in [4.78, 5) is 12.0. The van der Waals surface area contributed by atoms with Gasteiger partial charge in [-0.25, -0.2) is 0 Å². The molecule has 1 aromatic carbocycles. The molecule has 0 saturated carbocycles. The number of methoxy groups -OCH3 is 1. The van der Waals surface area contributed by atoms with Crippen molar-refractivity contribution in [3.8, 4) is 17.2 Å². The highest BCUT2D eigenvalue weighted by molar-refractivity contribution is 6.33. The molecule has 0 saturated heterocycles. The number of carbonyl (C=O) groups excluding carboxylic acids is 1. The van der Waals surface area contributed by atoms with Gasteiger partial charge in [0.05, 0.1) is 12.1 Å². The standard InChI is InChI=1S/C11H12ClNO4/c1-15-10-6(12)4-8-11(17-5-16-8)9(10)7(14)2-3-13/h4H,2-3,5,13H2,1H3. The second-order valence-corrected chi connectivity index (χ2v) is 3.87. The van der Waals surface area contributed by atoms with Crippen molar-refractivity contribution in [2.75, 3.05) is 20.4 Å². The highest BCUT2D eigenvalue weighted by Crippen LogP contribution is 2.45. The Morgan fingerprint density at radius 3 is 3.00 bits per heavy atom. The SMILES string of the molecule is COc1c(Cl)cc2c(c1C(=O)CCN)OCO2. The molecule has 0 unspecified atom stereocenters. The molecule has 0 amide bonds. The van der Waals surface area contributed by atoms with Gasteiger partial charge in [0.2, 0.25) is 6.79 Å². The lowest BCUT2D eigenvalue weighted by molar-refractivity contribution is 0.0977. The molecule has 17 heavy (non-hydrogen) atoms. The summed E-state index contributed by atoms with van der Waals surface area (Å²) in [5.41, 5.74) is 5.68. The molecule has 92 valence electrons. The van der Waals surface area contributed by atoms with Crippen LogP contribution in [-0.2, 0) is 0 Å². The molecule has 6 heteroatoms. The molecular formula is C11H12ClNO4. The predicted octanol–water partition coefficient (Wildman–Crippen LogP) is 1.61. The van der Waals surface area contributed by atoms with Crippen molar-refractivity contribution in [1.29, 1.82) is 0 Å². The molecule has 0 spiro atoms. The Kier molecular flexibility index (Phi) is 3.40. The zero-order valence-electron chi connectivity index (χ0n) is 9.29. The molecule has 1 aliphatic rings. The van der Waals surface area contributed by atoms with Crippen LogP contribution in [0.2, 0.25) is 5.02 Å². The van der Waals surface area contributed by atoms with Gasteiger partial charge in [-0.2, -0.15) is 0 Å². The first-order chi connectivity index (χ1) is 8.19. The summed E-state index contributed by atoms with van der Waals surface area (Å²) < 4.78 is 15.6. The predicted molar refractivity (Wildman–Crippen MR) is 62.1 cm³/mol. The van der Waals surface area contributed by atoms with Gasteiger partial charge in [-0.1, -0.05) is 11.6 Å². The number of nitrogens with two attached hydrogens (primary N) is 1. The molecule has 0 bridgehead atoms. The molecule has 0 atom stereocenters. The van der Waals surface area contributed by atoms with E-state index in [0.29, 0.717) is 27.8 Å². The maximum atomic E-state index is 12.0. The van der Waals surface area contributed by atoms with Crippen LogP contribution in [0.5, 0.6) is 17.2 Å². The first-order valence-corrected chi connectivity index (χ1v) is 5.46. The quantitative estimate of drug-likeness (QED) is 0.830. The van der Waals surface area contributed by atoms with E-state index < -0.39 is 0 Å². The molecular weight excluding hydrogens is 246 g/mol. The highest BCUT2D eigenvalue weighted by Gasteiger charge is 2.28. The fourth-order valence-electron chi connectivity index (χ4n) is 1.70. The van der Waals surface area contributed by atoms with Crippen molar-refractivity contribution in [1.82, 2.24) is 0 Å². The number of benzene rings is 1. The van der Waals surface area contributed by atoms with E-state index in [2.05, 4.69) is 0 Å². The van der Waals surface area contributed by atoms with Gasteiger partial charge < -0.3 is 19.9 Å². The van der Waals surface area contributed by atoms with Crippen LogP contribution in [0.25, 0.3) is 0 Å². The lowest BCUT2D eigenvalue weighted by Gasteiger charge is -2.11. The molecule has 1 heterocycles. The van der Waals surface area contributed by atoms with Crippen molar-refractivity contribution in [3.05, 3.63) is 16.7 Å². The van der Waals surface area contributed by atoms with Gasteiger partial charge in [0.1, 0.15) is 5.56 Å². The Labute approximate surface area is 103 Å². The Hall–Kier alpha value is -1.46. The van der Waals surface area contributed by atoms with Crippen molar-refractivity contribution in [2.24, 2.45) is 5.73 Å². The first-order valence-electron chi connectivity index (χ1n) is 5.08. The summed E-state index contributed by atoms with van der Waals surface area (Å²) in [6, 6.07) is 1.57. The van der Waals surface area contributed by atoms with Gasteiger partial charge >= 0.3 is 0 Å². The van der Waals surface area contributed by atoms with E-state index in [9.17, 15) is 4.79 Å². The summed E-state index contributed by atoms with van der Waals surface area (Å²) in [7, 11) is 1.45. The Balaban J connectivity index is 2.57. The van der Waals surface area contributed by atoms with Crippen LogP contribution < -0.4 is 19.9 Å². The number of carbonyl (C=O) groups is 1. The zero-order chi connectivity index (χ0) is 12.4. The summed E-state index contributed by atoms with van der Waals surface area (Å²) in [6.07, 6.45) is 0.201. The Morgan fingerprint density at radius 2 is 2.35 bits per heavy atom. The van der Waals surface area contributed by atoms with Crippen LogP contribution in [0, 0.1) is 0 Å². The third-order valence-electron chi connectivity index (χ3n) is 2.42. The third-order valence-corrected chi connectivity index (χ3v) is 2.71. The van der Waals surface area contributed by atoms with E-state index >= 15 is 0 Å². The summed E-state index contributed by atoms with van der Waals surface area (Å²) >= 11 is 6.01. The number of fused-ring (bicyclic) bond motifs is 1. The average Bonchev–Trinajstić information content (AvgIpc) is 2.74. The molecule has 1 aromatic rings. The average molecular weight is 258 g/mol. The number of Topliss-reactive ketones (excluding diaryl/α,β-unsaturated/α-hetero) is 1. The molecule has 2 N–H and O–H groups in total. The fraction of sp³-hybridized carbons (Fsp3) is 0.364. The van der Waals surface area contributed by atoms with Crippen LogP contribution >= 0.6 is 11.6 Å². The van der Waals surface area contributed by atoms with Gasteiger partial charge in [0.15, 0.2) is 23.0 Å². The van der Waals surface area contributed by atoms with Gasteiger partial charge in [0.25, 0.3) is 0 Å². The van der Waals surface area contributed by atoms with Crippen molar-refractivity contribution in [3.63, 3.8) is 0 Å². The number of ketones is 1. The molecule has 0 aliphatic carbocycles. The Morgan fingerprint density at radius 1 is 1.59 bits per heavy atom. The van der Waals surface area contributed by atoms with E-state index in [1.165, 1.54) is 7.11 Å². The van der Waals surface area contributed by atoms with E-state index in [1.54, 1.807) is 6.07 Å². The van der Waals surface area contributed by atoms with Crippen LogP contribution in [0.3, 0.4) is 0 Å². The number of hydrogen-bond acceptors (Lipinski definition) is 5. The van der Waals surface area contributed by atoms with E-state index in [-0.39, 0.29) is 25.5 Å². The van der Waals surface area contributed by atoms with Gasteiger partial charge in [-0.15, -0.1) is 0 Å². The molecule has 0 radical (unpaired) electrons. The number of rotatable bonds is 4. The minimum atomic E-state index is -0.173. The first kappa shape index (κ1) is 12.0. The van der Waals surface area contributed by atoms with Crippen LogP contribution in [0.1, 0.15) is 16.8 Å². The monoisotopic (exact) mass is 257 g/mol. The maximum Gasteiger partial charge on any atom is 0.231 e. The topological polar surface area (TPSA) is 70.8 Å². The lowest BCUT2D eigenvalue weighted by atomic mass is 10.1. The third kappa shape index (κ3) is 2.03. The zero-order valence-corrected chi connectivity index (χ0v) is 10.0. The lowest BCUT2D eigenvalue weighted by Crippen LogP contribution is -2.10. The molecule has 1 aliphatic heterocycles. The minimum Gasteiger partial charge on any atom is -0.494 e. The number of ether oxygens (including phenoxy) is 3. The summed E-state index contributed by atoms with van der Waals surface area (Å²) in [5, 5.41) is 0.317. The molecule has 5 nitrogen and oxygen atoms in total. The maximum absolute atomic E-state index is 12.0. The van der Waals surface area contributed by atoms with Crippen LogP contribution in [-0.4, -0.2) is 26.2 Å². The minimum absolute atomic E-state index is 0.0712. The van der Waals surface area contributed by atoms with Gasteiger partial charge in [-0.3, -0.25) is 4.79 Å². The summed E-state index contributed by atoms with van der Waals surface area (Å²) in [5.74, 6) is 0.962. The molecule has 2 rings (SSSR count). The summed E-state index contributed by atoms with van der Waals surface area (Å²) in [6.45, 7) is 0.325. The number of halogens is 1. The second kappa shape index (κ2) is 4.81.